The number of hydrogen-bond acceptors (Lipinski definition) is 5. The number of thioether (sulfide) groups is 1. The highest BCUT2D eigenvalue weighted by Gasteiger charge is 2.17. The van der Waals surface area contributed by atoms with Gasteiger partial charge in [0.25, 0.3) is 0 Å². The number of aromatic amines is 1. The summed E-state index contributed by atoms with van der Waals surface area (Å²) in [5.41, 5.74) is 0.799. The van der Waals surface area contributed by atoms with Crippen LogP contribution in [0.1, 0.15) is 5.69 Å². The van der Waals surface area contributed by atoms with Gasteiger partial charge in [-0.2, -0.15) is 11.8 Å². The Kier molecular flexibility index (Phi) is 6.68. The SMILES string of the molecule is O=C(O)[C@H](Cc1cnc[nH]1)NCCSCCO. The van der Waals surface area contributed by atoms with Crippen molar-refractivity contribution in [2.45, 2.75) is 12.5 Å². The van der Waals surface area contributed by atoms with E-state index in [-0.39, 0.29) is 6.61 Å². The highest BCUT2D eigenvalue weighted by molar-refractivity contribution is 7.99. The van der Waals surface area contributed by atoms with Crippen LogP contribution in [0.25, 0.3) is 0 Å². The quantitative estimate of drug-likeness (QED) is 0.455. The van der Waals surface area contributed by atoms with Crippen LogP contribution in [0, 0.1) is 0 Å². The normalized spacial score (nSPS) is 12.5. The van der Waals surface area contributed by atoms with Crippen molar-refractivity contribution in [3.63, 3.8) is 0 Å². The molecule has 0 bridgehead atoms. The molecule has 0 saturated heterocycles. The molecule has 1 aromatic heterocycles. The monoisotopic (exact) mass is 259 g/mol. The van der Waals surface area contributed by atoms with Gasteiger partial charge in [0.2, 0.25) is 0 Å². The molecule has 17 heavy (non-hydrogen) atoms. The number of aliphatic hydroxyl groups excluding tert-OH is 1. The average Bonchev–Trinajstić information content (AvgIpc) is 2.79. The predicted molar refractivity (Wildman–Crippen MR) is 66.1 cm³/mol. The Balaban J connectivity index is 2.26. The van der Waals surface area contributed by atoms with E-state index in [0.717, 1.165) is 11.4 Å². The van der Waals surface area contributed by atoms with Gasteiger partial charge in [0.1, 0.15) is 6.04 Å². The number of aromatic nitrogens is 2. The van der Waals surface area contributed by atoms with Gasteiger partial charge in [-0.25, -0.2) is 4.98 Å². The van der Waals surface area contributed by atoms with E-state index in [1.54, 1.807) is 18.0 Å². The zero-order valence-electron chi connectivity index (χ0n) is 9.43. The number of hydrogen-bond donors (Lipinski definition) is 4. The van der Waals surface area contributed by atoms with Crippen molar-refractivity contribution in [3.8, 4) is 0 Å². The summed E-state index contributed by atoms with van der Waals surface area (Å²) in [5.74, 6) is 0.597. The molecule has 1 heterocycles. The third-order valence-corrected chi connectivity index (χ3v) is 3.11. The van der Waals surface area contributed by atoms with Gasteiger partial charge in [0.05, 0.1) is 12.9 Å². The number of aliphatic hydroxyl groups is 1. The van der Waals surface area contributed by atoms with Gasteiger partial charge in [-0.05, 0) is 0 Å². The van der Waals surface area contributed by atoms with E-state index < -0.39 is 12.0 Å². The highest BCUT2D eigenvalue weighted by Crippen LogP contribution is 2.00. The maximum Gasteiger partial charge on any atom is 0.321 e. The lowest BCUT2D eigenvalue weighted by molar-refractivity contribution is -0.139. The van der Waals surface area contributed by atoms with Crippen LogP contribution in [0.4, 0.5) is 0 Å². The van der Waals surface area contributed by atoms with Gasteiger partial charge in [0.15, 0.2) is 0 Å². The number of aliphatic carboxylic acids is 1. The summed E-state index contributed by atoms with van der Waals surface area (Å²) in [6.45, 7) is 0.761. The molecule has 0 spiro atoms. The van der Waals surface area contributed by atoms with E-state index in [0.29, 0.717) is 18.7 Å². The topological polar surface area (TPSA) is 98.2 Å². The van der Waals surface area contributed by atoms with Crippen molar-refractivity contribution in [1.82, 2.24) is 15.3 Å². The summed E-state index contributed by atoms with van der Waals surface area (Å²) in [5, 5.41) is 20.6. The first-order chi connectivity index (χ1) is 8.24. The Morgan fingerprint density at radius 2 is 2.41 bits per heavy atom. The van der Waals surface area contributed by atoms with E-state index in [9.17, 15) is 4.79 Å². The first-order valence-corrected chi connectivity index (χ1v) is 6.51. The molecule has 0 fully saturated rings. The summed E-state index contributed by atoms with van der Waals surface area (Å²) < 4.78 is 0. The maximum absolute atomic E-state index is 11.0. The molecule has 0 aliphatic carbocycles. The second kappa shape index (κ2) is 8.10. The number of nitrogens with zero attached hydrogens (tertiary/aromatic N) is 1. The van der Waals surface area contributed by atoms with Crippen molar-refractivity contribution in [2.75, 3.05) is 24.7 Å². The van der Waals surface area contributed by atoms with Gasteiger partial charge < -0.3 is 20.5 Å². The lowest BCUT2D eigenvalue weighted by atomic mass is 10.1. The first-order valence-electron chi connectivity index (χ1n) is 5.36. The zero-order chi connectivity index (χ0) is 12.5. The summed E-state index contributed by atoms with van der Waals surface area (Å²) in [7, 11) is 0. The van der Waals surface area contributed by atoms with E-state index in [4.69, 9.17) is 10.2 Å². The summed E-state index contributed by atoms with van der Waals surface area (Å²) >= 11 is 1.59. The van der Waals surface area contributed by atoms with Gasteiger partial charge >= 0.3 is 5.97 Å². The van der Waals surface area contributed by atoms with E-state index in [1.165, 1.54) is 6.33 Å². The molecular weight excluding hydrogens is 242 g/mol. The van der Waals surface area contributed by atoms with Gasteiger partial charge in [-0.3, -0.25) is 4.79 Å². The minimum Gasteiger partial charge on any atom is -0.480 e. The van der Waals surface area contributed by atoms with Crippen molar-refractivity contribution in [2.24, 2.45) is 0 Å². The van der Waals surface area contributed by atoms with E-state index in [2.05, 4.69) is 15.3 Å². The van der Waals surface area contributed by atoms with Crippen molar-refractivity contribution in [3.05, 3.63) is 18.2 Å². The first kappa shape index (κ1) is 14.0. The molecule has 1 rings (SSSR count). The second-order valence-electron chi connectivity index (χ2n) is 3.46. The lowest BCUT2D eigenvalue weighted by Crippen LogP contribution is -2.39. The van der Waals surface area contributed by atoms with E-state index in [1.807, 2.05) is 0 Å². The number of nitrogens with one attached hydrogen (secondary N) is 2. The molecule has 0 aliphatic rings. The van der Waals surface area contributed by atoms with Crippen LogP contribution in [0.5, 0.6) is 0 Å². The second-order valence-corrected chi connectivity index (χ2v) is 4.69. The maximum atomic E-state index is 11.0. The summed E-state index contributed by atoms with van der Waals surface area (Å²) in [4.78, 5) is 17.7. The zero-order valence-corrected chi connectivity index (χ0v) is 10.2. The molecule has 0 aliphatic heterocycles. The van der Waals surface area contributed by atoms with Crippen LogP contribution in [0.2, 0.25) is 0 Å². The predicted octanol–water partition coefficient (Wildman–Crippen LogP) is -0.279. The molecule has 0 radical (unpaired) electrons. The highest BCUT2D eigenvalue weighted by atomic mass is 32.2. The molecule has 1 aromatic rings. The van der Waals surface area contributed by atoms with Gasteiger partial charge in [-0.1, -0.05) is 0 Å². The summed E-state index contributed by atoms with van der Waals surface area (Å²) in [6, 6.07) is -0.606. The molecule has 0 amide bonds. The van der Waals surface area contributed by atoms with Gasteiger partial charge in [0, 0.05) is 36.4 Å². The fraction of sp³-hybridized carbons (Fsp3) is 0.600. The molecule has 6 nitrogen and oxygen atoms in total. The molecule has 96 valence electrons. The molecule has 1 atom stereocenters. The van der Waals surface area contributed by atoms with Crippen molar-refractivity contribution < 1.29 is 15.0 Å². The number of carbonyl (C=O) groups is 1. The van der Waals surface area contributed by atoms with Crippen LogP contribution in [0.15, 0.2) is 12.5 Å². The molecular formula is C10H17N3O3S. The molecule has 4 N–H and O–H groups in total. The van der Waals surface area contributed by atoms with Crippen molar-refractivity contribution in [1.29, 1.82) is 0 Å². The largest absolute Gasteiger partial charge is 0.480 e. The van der Waals surface area contributed by atoms with Gasteiger partial charge in [-0.15, -0.1) is 0 Å². The standard InChI is InChI=1S/C10H17N3O3S/c14-2-4-17-3-1-12-9(10(15)16)5-8-6-11-7-13-8/h6-7,9,12,14H,1-5H2,(H,11,13)(H,15,16)/t9-/m0/s1. The van der Waals surface area contributed by atoms with Crippen LogP contribution in [0.3, 0.4) is 0 Å². The Morgan fingerprint density at radius 3 is 3.00 bits per heavy atom. The third-order valence-electron chi connectivity index (χ3n) is 2.15. The molecule has 7 heteroatoms. The molecule has 0 saturated carbocycles. The minimum atomic E-state index is -0.869. The minimum absolute atomic E-state index is 0.154. The number of carboxylic acids is 1. The third kappa shape index (κ3) is 5.71. The summed E-state index contributed by atoms with van der Waals surface area (Å²) in [6.07, 6.45) is 3.55. The number of imidazole rings is 1. The Hall–Kier alpha value is -1.05. The smallest absolute Gasteiger partial charge is 0.321 e. The average molecular weight is 259 g/mol. The Labute approximate surface area is 104 Å². The van der Waals surface area contributed by atoms with Crippen LogP contribution < -0.4 is 5.32 Å². The molecule has 0 unspecified atom stereocenters. The van der Waals surface area contributed by atoms with E-state index >= 15 is 0 Å². The van der Waals surface area contributed by atoms with Crippen molar-refractivity contribution >= 4 is 17.7 Å². The Morgan fingerprint density at radius 1 is 1.59 bits per heavy atom. The Bertz CT molecular complexity index is 319. The van der Waals surface area contributed by atoms with Crippen LogP contribution in [-0.2, 0) is 11.2 Å². The number of carboxylic acid groups (broad SMARTS) is 1. The molecule has 0 aromatic carbocycles. The van der Waals surface area contributed by atoms with Crippen LogP contribution in [-0.4, -0.2) is 56.8 Å². The number of rotatable bonds is 9. The fourth-order valence-electron chi connectivity index (χ4n) is 1.33. The lowest BCUT2D eigenvalue weighted by Gasteiger charge is -2.13. The number of H-pyrrole nitrogens is 1. The van der Waals surface area contributed by atoms with Crippen LogP contribution >= 0.6 is 11.8 Å². The fourth-order valence-corrected chi connectivity index (χ4v) is 1.93.